The smallest absolute Gasteiger partial charge is 0.233 e. The summed E-state index contributed by atoms with van der Waals surface area (Å²) < 4.78 is 27.5. The van der Waals surface area contributed by atoms with Gasteiger partial charge >= 0.3 is 0 Å². The number of nitrogens with zero attached hydrogens (tertiary/aromatic N) is 1. The zero-order valence-corrected chi connectivity index (χ0v) is 17.6. The lowest BCUT2D eigenvalue weighted by molar-refractivity contribution is -0.124. The fourth-order valence-corrected chi connectivity index (χ4v) is 4.15. The van der Waals surface area contributed by atoms with Crippen LogP contribution in [-0.2, 0) is 9.63 Å². The van der Waals surface area contributed by atoms with Crippen LogP contribution in [0.5, 0.6) is 0 Å². The minimum atomic E-state index is -1.09. The number of hydroxylamine groups is 1. The van der Waals surface area contributed by atoms with Crippen LogP contribution in [0.2, 0.25) is 0 Å². The number of hydrogen-bond donors (Lipinski definition) is 5. The van der Waals surface area contributed by atoms with E-state index < -0.39 is 12.3 Å². The second kappa shape index (κ2) is 9.20. The average molecular weight is 417 g/mol. The third kappa shape index (κ3) is 6.31. The van der Waals surface area contributed by atoms with Gasteiger partial charge in [-0.15, -0.1) is 0 Å². The molecule has 2 saturated heterocycles. The van der Waals surface area contributed by atoms with Gasteiger partial charge in [-0.1, -0.05) is 0 Å². The summed E-state index contributed by atoms with van der Waals surface area (Å²) in [5.74, 6) is -0.183. The molecular weight excluding hydrogens is 382 g/mol. The van der Waals surface area contributed by atoms with Gasteiger partial charge < -0.3 is 5.32 Å². The van der Waals surface area contributed by atoms with Gasteiger partial charge in [-0.05, 0) is 46.5 Å². The number of rotatable bonds is 3. The van der Waals surface area contributed by atoms with Crippen LogP contribution < -0.4 is 27.0 Å². The van der Waals surface area contributed by atoms with E-state index >= 15 is 0 Å². The maximum absolute atomic E-state index is 13.8. The molecule has 3 aliphatic rings. The molecule has 2 aliphatic heterocycles. The van der Waals surface area contributed by atoms with Gasteiger partial charge in [-0.25, -0.2) is 24.7 Å². The van der Waals surface area contributed by atoms with Crippen LogP contribution in [0.4, 0.5) is 8.78 Å². The molecule has 0 spiro atoms. The molecule has 10 heteroatoms. The third-order valence-electron chi connectivity index (χ3n) is 5.61. The van der Waals surface area contributed by atoms with E-state index in [1.807, 2.05) is 27.7 Å². The maximum atomic E-state index is 13.8. The number of hydrogen-bond acceptors (Lipinski definition) is 6. The number of alkyl halides is 2. The molecule has 8 nitrogen and oxygen atoms in total. The second-order valence-corrected chi connectivity index (χ2v) is 9.43. The first kappa shape index (κ1) is 22.3. The maximum Gasteiger partial charge on any atom is 0.233 e. The van der Waals surface area contributed by atoms with Crippen molar-refractivity contribution in [3.63, 3.8) is 0 Å². The van der Waals surface area contributed by atoms with Gasteiger partial charge in [0, 0.05) is 31.0 Å². The molecule has 0 aromatic heterocycles. The van der Waals surface area contributed by atoms with E-state index in [0.29, 0.717) is 31.8 Å². The molecule has 3 rings (SSSR count). The van der Waals surface area contributed by atoms with Gasteiger partial charge in [0.25, 0.3) is 0 Å². The summed E-state index contributed by atoms with van der Waals surface area (Å²) in [5, 5.41) is 6.10. The van der Waals surface area contributed by atoms with Crippen molar-refractivity contribution >= 4 is 11.9 Å². The highest BCUT2D eigenvalue weighted by molar-refractivity contribution is 5.98. The first-order valence-electron chi connectivity index (χ1n) is 10.5. The first-order chi connectivity index (χ1) is 13.6. The molecule has 6 unspecified atom stereocenters. The lowest BCUT2D eigenvalue weighted by Crippen LogP contribution is -2.52. The monoisotopic (exact) mass is 416 g/mol. The summed E-state index contributed by atoms with van der Waals surface area (Å²) in [4.78, 5) is 22.5. The number of aliphatic imine (C=N–C) groups is 1. The molecule has 29 heavy (non-hydrogen) atoms. The van der Waals surface area contributed by atoms with Crippen LogP contribution >= 0.6 is 0 Å². The van der Waals surface area contributed by atoms with E-state index in [-0.39, 0.29) is 48.0 Å². The zero-order chi connectivity index (χ0) is 21.2. The van der Waals surface area contributed by atoms with Gasteiger partial charge in [-0.3, -0.25) is 20.4 Å². The highest BCUT2D eigenvalue weighted by atomic mass is 19.1. The van der Waals surface area contributed by atoms with E-state index in [1.54, 1.807) is 0 Å². The highest BCUT2D eigenvalue weighted by Gasteiger charge is 2.38. The van der Waals surface area contributed by atoms with Crippen molar-refractivity contribution in [2.75, 3.05) is 6.54 Å². The molecule has 0 bridgehead atoms. The van der Waals surface area contributed by atoms with Crippen molar-refractivity contribution in [2.24, 2.45) is 16.8 Å². The number of amides is 1. The lowest BCUT2D eigenvalue weighted by atomic mass is 9.81. The summed E-state index contributed by atoms with van der Waals surface area (Å²) in [6.07, 6.45) is -1.38. The Morgan fingerprint density at radius 2 is 1.79 bits per heavy atom. The molecule has 0 radical (unpaired) electrons. The van der Waals surface area contributed by atoms with Crippen molar-refractivity contribution in [1.82, 2.24) is 27.0 Å². The Morgan fingerprint density at radius 1 is 1.10 bits per heavy atom. The van der Waals surface area contributed by atoms with Gasteiger partial charge in [0.15, 0.2) is 5.96 Å². The van der Waals surface area contributed by atoms with E-state index in [4.69, 9.17) is 4.84 Å². The van der Waals surface area contributed by atoms with Gasteiger partial charge in [0.2, 0.25) is 5.91 Å². The Hall–Kier alpha value is -1.36. The summed E-state index contributed by atoms with van der Waals surface area (Å²) in [6, 6.07) is -0.0559. The first-order valence-corrected chi connectivity index (χ1v) is 10.5. The molecule has 0 aromatic carbocycles. The fraction of sp³-hybridized carbons (Fsp3) is 0.895. The minimum Gasteiger partial charge on any atom is -0.351 e. The molecule has 5 N–H and O–H groups in total. The molecule has 0 aromatic rings. The normalized spacial score (nSPS) is 38.8. The Balaban J connectivity index is 1.63. The van der Waals surface area contributed by atoms with Crippen LogP contribution in [-0.4, -0.2) is 54.6 Å². The van der Waals surface area contributed by atoms with Crippen LogP contribution in [0.25, 0.3) is 0 Å². The van der Waals surface area contributed by atoms with Gasteiger partial charge in [0.05, 0.1) is 12.0 Å². The topological polar surface area (TPSA) is 98.8 Å². The predicted molar refractivity (Wildman–Crippen MR) is 106 cm³/mol. The van der Waals surface area contributed by atoms with Crippen molar-refractivity contribution in [2.45, 2.75) is 89.6 Å². The SMILES string of the molecule is CC1ONCC1C(=O)N/C(=N/C1CC(C2CC(F)CC(F)C2)NN1)NC(C)(C)C. The molecular formula is C19H34F2N6O2. The van der Waals surface area contributed by atoms with Crippen molar-refractivity contribution in [3.05, 3.63) is 0 Å². The molecule has 6 atom stereocenters. The number of carbonyl (C=O) groups is 1. The number of guanidine groups is 1. The summed E-state index contributed by atoms with van der Waals surface area (Å²) in [7, 11) is 0. The Labute approximate surface area is 170 Å². The summed E-state index contributed by atoms with van der Waals surface area (Å²) in [5.41, 5.74) is 8.67. The quantitative estimate of drug-likeness (QED) is 0.349. The summed E-state index contributed by atoms with van der Waals surface area (Å²) >= 11 is 0. The number of hydrazine groups is 1. The van der Waals surface area contributed by atoms with Crippen molar-refractivity contribution in [1.29, 1.82) is 0 Å². The minimum absolute atomic E-state index is 0.00206. The van der Waals surface area contributed by atoms with Crippen LogP contribution in [0.15, 0.2) is 4.99 Å². The molecule has 1 aliphatic carbocycles. The van der Waals surface area contributed by atoms with Crippen LogP contribution in [0, 0.1) is 11.8 Å². The van der Waals surface area contributed by atoms with E-state index in [0.717, 1.165) is 0 Å². The Kier molecular flexibility index (Phi) is 7.08. The molecule has 166 valence electrons. The second-order valence-electron chi connectivity index (χ2n) is 9.43. The van der Waals surface area contributed by atoms with Gasteiger partial charge in [-0.2, -0.15) is 0 Å². The lowest BCUT2D eigenvalue weighted by Gasteiger charge is -2.31. The Bertz CT molecular complexity index is 604. The highest BCUT2D eigenvalue weighted by Crippen LogP contribution is 2.33. The van der Waals surface area contributed by atoms with E-state index in [1.165, 1.54) is 0 Å². The molecule has 1 saturated carbocycles. The Morgan fingerprint density at radius 3 is 2.38 bits per heavy atom. The largest absolute Gasteiger partial charge is 0.351 e. The molecule has 2 heterocycles. The zero-order valence-electron chi connectivity index (χ0n) is 17.6. The van der Waals surface area contributed by atoms with Crippen LogP contribution in [0.3, 0.4) is 0 Å². The van der Waals surface area contributed by atoms with Crippen molar-refractivity contribution in [3.8, 4) is 0 Å². The van der Waals surface area contributed by atoms with Crippen LogP contribution in [0.1, 0.15) is 53.4 Å². The molecule has 3 fully saturated rings. The third-order valence-corrected chi connectivity index (χ3v) is 5.61. The molecule has 1 amide bonds. The number of halogens is 2. The average Bonchev–Trinajstić information content (AvgIpc) is 3.21. The number of carbonyl (C=O) groups excluding carboxylic acids is 1. The fourth-order valence-electron chi connectivity index (χ4n) is 4.15. The van der Waals surface area contributed by atoms with Crippen molar-refractivity contribution < 1.29 is 18.4 Å². The van der Waals surface area contributed by atoms with E-state index in [9.17, 15) is 13.6 Å². The predicted octanol–water partition coefficient (Wildman–Crippen LogP) is 1.06. The van der Waals surface area contributed by atoms with E-state index in [2.05, 4.69) is 32.0 Å². The van der Waals surface area contributed by atoms with Gasteiger partial charge in [0.1, 0.15) is 18.5 Å². The standard InChI is InChI=1S/C19H34F2N6O2/c1-10-14(9-22-29-10)17(28)24-18(25-19(2,3)4)23-16-8-15(26-27-16)11-5-12(20)7-13(21)6-11/h10-16,22,26-27H,5-9H2,1-4H3,(H2,23,24,25,28). The number of nitrogens with one attached hydrogen (secondary N) is 5. The summed E-state index contributed by atoms with van der Waals surface area (Å²) in [6.45, 7) is 8.21.